The lowest BCUT2D eigenvalue weighted by atomic mass is 10.1. The number of epoxide rings is 1. The second kappa shape index (κ2) is 2.74. The topological polar surface area (TPSA) is 12.5 Å². The van der Waals surface area contributed by atoms with Crippen LogP contribution in [0.5, 0.6) is 0 Å². The smallest absolute Gasteiger partial charge is 0.286 e. The lowest BCUT2D eigenvalue weighted by Gasteiger charge is -2.21. The first kappa shape index (κ1) is 13.3. The largest absolute Gasteiger partial charge is 0.459 e. The molecule has 0 aromatic carbocycles. The van der Waals surface area contributed by atoms with Gasteiger partial charge in [0.2, 0.25) is 0 Å². The van der Waals surface area contributed by atoms with E-state index in [4.69, 9.17) is 0 Å². The van der Waals surface area contributed by atoms with Crippen molar-refractivity contribution in [3.63, 3.8) is 0 Å². The highest BCUT2D eigenvalue weighted by atomic mass is 19.4. The normalized spacial score (nSPS) is 36.4. The fourth-order valence-electron chi connectivity index (χ4n) is 0.857. The first-order valence-corrected chi connectivity index (χ1v) is 3.30. The minimum atomic E-state index is -6.71. The SMILES string of the molecule is FC(F)(F)C(F)(F)C1(F)OC1(F)C(F)(F)F. The summed E-state index contributed by atoms with van der Waals surface area (Å²) in [6.45, 7) is 0. The van der Waals surface area contributed by atoms with E-state index in [1.165, 1.54) is 0 Å². The Kier molecular flexibility index (Phi) is 2.28. The van der Waals surface area contributed by atoms with Crippen molar-refractivity contribution >= 4 is 0 Å². The van der Waals surface area contributed by atoms with Gasteiger partial charge in [0.25, 0.3) is 0 Å². The average molecular weight is 266 g/mol. The highest BCUT2D eigenvalue weighted by Gasteiger charge is 2.99. The zero-order valence-electron chi connectivity index (χ0n) is 6.69. The summed E-state index contributed by atoms with van der Waals surface area (Å²) in [6, 6.07) is 0. The van der Waals surface area contributed by atoms with E-state index in [2.05, 4.69) is 4.74 Å². The van der Waals surface area contributed by atoms with Crippen molar-refractivity contribution in [1.29, 1.82) is 0 Å². The second-order valence-electron chi connectivity index (χ2n) is 2.86. The second-order valence-corrected chi connectivity index (χ2v) is 2.86. The standard InChI is InChI=1S/C5F10O/c6-1(7,4(10,11)12)2(8)3(9,16-2)5(13,14)15. The quantitative estimate of drug-likeness (QED) is 0.524. The van der Waals surface area contributed by atoms with Crippen LogP contribution in [0.4, 0.5) is 43.9 Å². The number of hydrogen-bond acceptors (Lipinski definition) is 1. The maximum absolute atomic E-state index is 12.5. The van der Waals surface area contributed by atoms with Crippen molar-refractivity contribution in [3.8, 4) is 0 Å². The van der Waals surface area contributed by atoms with Gasteiger partial charge in [0.1, 0.15) is 0 Å². The van der Waals surface area contributed by atoms with Gasteiger partial charge in [-0.2, -0.15) is 43.9 Å². The van der Waals surface area contributed by atoms with E-state index in [1.54, 1.807) is 0 Å². The van der Waals surface area contributed by atoms with Gasteiger partial charge in [-0.3, -0.25) is 4.74 Å². The molecule has 0 radical (unpaired) electrons. The third kappa shape index (κ3) is 1.29. The van der Waals surface area contributed by atoms with E-state index in [1.807, 2.05) is 0 Å². The van der Waals surface area contributed by atoms with Gasteiger partial charge in [-0.25, -0.2) is 0 Å². The number of halogens is 10. The van der Waals surface area contributed by atoms with Crippen LogP contribution in [0.25, 0.3) is 0 Å². The summed E-state index contributed by atoms with van der Waals surface area (Å²) in [6.07, 6.45) is -13.0. The molecule has 2 atom stereocenters. The highest BCUT2D eigenvalue weighted by molar-refractivity contribution is 5.15. The van der Waals surface area contributed by atoms with Crippen LogP contribution < -0.4 is 0 Å². The Bertz CT molecular complexity index is 303. The third-order valence-electron chi connectivity index (χ3n) is 1.78. The number of alkyl halides is 10. The van der Waals surface area contributed by atoms with Gasteiger partial charge in [-0.15, -0.1) is 0 Å². The molecule has 16 heavy (non-hydrogen) atoms. The first-order chi connectivity index (χ1) is 6.71. The van der Waals surface area contributed by atoms with Gasteiger partial charge in [0.15, 0.2) is 0 Å². The lowest BCUT2D eigenvalue weighted by Crippen LogP contribution is -2.53. The third-order valence-corrected chi connectivity index (χ3v) is 1.78. The summed E-state index contributed by atoms with van der Waals surface area (Å²) < 4.78 is 121. The molecule has 0 N–H and O–H groups in total. The van der Waals surface area contributed by atoms with Gasteiger partial charge in [0, 0.05) is 0 Å². The van der Waals surface area contributed by atoms with Crippen LogP contribution in [0.1, 0.15) is 0 Å². The Morgan fingerprint density at radius 2 is 1.06 bits per heavy atom. The van der Waals surface area contributed by atoms with Gasteiger partial charge < -0.3 is 0 Å². The minimum Gasteiger partial charge on any atom is -0.286 e. The van der Waals surface area contributed by atoms with Crippen LogP contribution in [0.15, 0.2) is 0 Å². The molecule has 2 unspecified atom stereocenters. The first-order valence-electron chi connectivity index (χ1n) is 3.30. The molecule has 1 aliphatic rings. The van der Waals surface area contributed by atoms with Crippen molar-refractivity contribution in [3.05, 3.63) is 0 Å². The minimum absolute atomic E-state index is 2.32. The lowest BCUT2D eigenvalue weighted by molar-refractivity contribution is -0.331. The van der Waals surface area contributed by atoms with Gasteiger partial charge >= 0.3 is 30.0 Å². The molecular formula is C5F10O. The predicted molar refractivity (Wildman–Crippen MR) is 25.8 cm³/mol. The Hall–Kier alpha value is -0.740. The van der Waals surface area contributed by atoms with E-state index < -0.39 is 30.0 Å². The molecule has 1 aliphatic heterocycles. The molecule has 0 aromatic rings. The number of ether oxygens (including phenoxy) is 1. The van der Waals surface area contributed by atoms with E-state index in [0.29, 0.717) is 0 Å². The van der Waals surface area contributed by atoms with Gasteiger partial charge in [-0.1, -0.05) is 0 Å². The summed E-state index contributed by atoms with van der Waals surface area (Å²) in [4.78, 5) is 0. The van der Waals surface area contributed by atoms with Crippen LogP contribution in [0.2, 0.25) is 0 Å². The fraction of sp³-hybridized carbons (Fsp3) is 1.00. The molecule has 11 heteroatoms. The Balaban J connectivity index is 3.11. The predicted octanol–water partition coefficient (Wildman–Crippen LogP) is 3.11. The molecule has 0 aliphatic carbocycles. The van der Waals surface area contributed by atoms with Gasteiger partial charge in [-0.05, 0) is 0 Å². The monoisotopic (exact) mass is 266 g/mol. The Morgan fingerprint density at radius 3 is 1.25 bits per heavy atom. The zero-order chi connectivity index (χ0) is 13.2. The molecule has 1 nitrogen and oxygen atoms in total. The zero-order valence-corrected chi connectivity index (χ0v) is 6.69. The van der Waals surface area contributed by atoms with E-state index in [0.717, 1.165) is 0 Å². The summed E-state index contributed by atoms with van der Waals surface area (Å²) >= 11 is 0. The molecule has 96 valence electrons. The summed E-state index contributed by atoms with van der Waals surface area (Å²) in [7, 11) is 0. The summed E-state index contributed by atoms with van der Waals surface area (Å²) in [5.74, 6) is -18.0. The molecule has 0 aromatic heterocycles. The molecular weight excluding hydrogens is 266 g/mol. The van der Waals surface area contributed by atoms with E-state index >= 15 is 0 Å². The highest BCUT2D eigenvalue weighted by Crippen LogP contribution is 2.68. The molecule has 0 spiro atoms. The summed E-state index contributed by atoms with van der Waals surface area (Å²) in [5, 5.41) is 0. The molecule has 0 bridgehead atoms. The van der Waals surface area contributed by atoms with Gasteiger partial charge in [0.05, 0.1) is 0 Å². The molecule has 1 heterocycles. The molecule has 1 rings (SSSR count). The maximum atomic E-state index is 12.5. The van der Waals surface area contributed by atoms with Crippen molar-refractivity contribution in [1.82, 2.24) is 0 Å². The van der Waals surface area contributed by atoms with Crippen molar-refractivity contribution in [2.24, 2.45) is 0 Å². The molecule has 1 saturated heterocycles. The molecule has 0 amide bonds. The van der Waals surface area contributed by atoms with Crippen LogP contribution in [0, 0.1) is 0 Å². The van der Waals surface area contributed by atoms with E-state index in [9.17, 15) is 43.9 Å². The molecule has 1 fully saturated rings. The van der Waals surface area contributed by atoms with Crippen LogP contribution in [-0.4, -0.2) is 30.0 Å². The van der Waals surface area contributed by atoms with E-state index in [-0.39, 0.29) is 0 Å². The average Bonchev–Trinajstić information content (AvgIpc) is 2.54. The number of hydrogen-bond donors (Lipinski definition) is 0. The Morgan fingerprint density at radius 1 is 0.688 bits per heavy atom. The van der Waals surface area contributed by atoms with Crippen molar-refractivity contribution in [2.75, 3.05) is 0 Å². The van der Waals surface area contributed by atoms with Crippen LogP contribution in [0.3, 0.4) is 0 Å². The van der Waals surface area contributed by atoms with Crippen molar-refractivity contribution in [2.45, 2.75) is 30.0 Å². The summed E-state index contributed by atoms with van der Waals surface area (Å²) in [5.41, 5.74) is 0. The Labute approximate surface area is 80.0 Å². The van der Waals surface area contributed by atoms with Crippen molar-refractivity contribution < 1.29 is 48.6 Å². The number of rotatable bonds is 1. The maximum Gasteiger partial charge on any atom is 0.459 e. The fourth-order valence-corrected chi connectivity index (χ4v) is 0.857. The molecule has 0 saturated carbocycles. The van der Waals surface area contributed by atoms with Crippen LogP contribution >= 0.6 is 0 Å². The van der Waals surface area contributed by atoms with Crippen LogP contribution in [-0.2, 0) is 4.74 Å².